The number of nitrogens with one attached hydrogen (secondary N) is 1. The highest BCUT2D eigenvalue weighted by molar-refractivity contribution is 5.46. The van der Waals surface area contributed by atoms with Crippen LogP contribution in [0.5, 0.6) is 0 Å². The van der Waals surface area contributed by atoms with E-state index >= 15 is 0 Å². The molecule has 0 spiro atoms. The molecule has 1 fully saturated rings. The van der Waals surface area contributed by atoms with Crippen LogP contribution in [0.25, 0.3) is 0 Å². The van der Waals surface area contributed by atoms with Crippen LogP contribution in [0.1, 0.15) is 26.2 Å². The maximum absolute atomic E-state index is 12.9. The predicted molar refractivity (Wildman–Crippen MR) is 69.9 cm³/mol. The lowest BCUT2D eigenvalue weighted by Gasteiger charge is -2.34. The van der Waals surface area contributed by atoms with E-state index in [2.05, 4.69) is 24.2 Å². The maximum atomic E-state index is 12.9. The predicted octanol–water partition coefficient (Wildman–Crippen LogP) is 2.79. The molecule has 17 heavy (non-hydrogen) atoms. The average Bonchev–Trinajstić information content (AvgIpc) is 2.79. The molecule has 1 aliphatic rings. The highest BCUT2D eigenvalue weighted by Crippen LogP contribution is 2.26. The number of anilines is 1. The SMILES string of the molecule is CCC1(CN(C)c2ccc(F)cc2)CCCN1. The Morgan fingerprint density at radius 2 is 2.06 bits per heavy atom. The van der Waals surface area contributed by atoms with Crippen molar-refractivity contribution in [3.05, 3.63) is 30.1 Å². The summed E-state index contributed by atoms with van der Waals surface area (Å²) in [6.07, 6.45) is 3.62. The molecule has 94 valence electrons. The molecule has 0 aromatic heterocycles. The van der Waals surface area contributed by atoms with E-state index in [0.29, 0.717) is 0 Å². The summed E-state index contributed by atoms with van der Waals surface area (Å²) in [6, 6.07) is 6.72. The van der Waals surface area contributed by atoms with E-state index in [4.69, 9.17) is 0 Å². The minimum atomic E-state index is -0.175. The van der Waals surface area contributed by atoms with Crippen LogP contribution in [-0.2, 0) is 0 Å². The minimum Gasteiger partial charge on any atom is -0.373 e. The van der Waals surface area contributed by atoms with Crippen molar-refractivity contribution in [3.8, 4) is 0 Å². The Labute approximate surface area is 103 Å². The third-order valence-electron chi connectivity index (χ3n) is 3.82. The lowest BCUT2D eigenvalue weighted by Crippen LogP contribution is -2.48. The topological polar surface area (TPSA) is 15.3 Å². The summed E-state index contributed by atoms with van der Waals surface area (Å²) < 4.78 is 12.9. The number of nitrogens with zero attached hydrogens (tertiary/aromatic N) is 1. The Balaban J connectivity index is 2.05. The van der Waals surface area contributed by atoms with Crippen molar-refractivity contribution in [1.29, 1.82) is 0 Å². The van der Waals surface area contributed by atoms with Gasteiger partial charge in [0, 0.05) is 24.8 Å². The van der Waals surface area contributed by atoms with Gasteiger partial charge in [0.25, 0.3) is 0 Å². The van der Waals surface area contributed by atoms with E-state index in [-0.39, 0.29) is 11.4 Å². The Bertz CT molecular complexity index is 355. The van der Waals surface area contributed by atoms with Gasteiger partial charge < -0.3 is 10.2 Å². The number of likely N-dealkylation sites (N-methyl/N-ethyl adjacent to an activating group) is 1. The first kappa shape index (κ1) is 12.4. The van der Waals surface area contributed by atoms with Crippen molar-refractivity contribution in [2.24, 2.45) is 0 Å². The third kappa shape index (κ3) is 2.78. The highest BCUT2D eigenvalue weighted by atomic mass is 19.1. The lowest BCUT2D eigenvalue weighted by molar-refractivity contribution is 0.367. The third-order valence-corrected chi connectivity index (χ3v) is 3.82. The summed E-state index contributed by atoms with van der Waals surface area (Å²) in [5.41, 5.74) is 1.32. The molecule has 2 rings (SSSR count). The molecular weight excluding hydrogens is 215 g/mol. The van der Waals surface area contributed by atoms with E-state index in [1.54, 1.807) is 0 Å². The minimum absolute atomic E-state index is 0.175. The number of rotatable bonds is 4. The van der Waals surface area contributed by atoms with Gasteiger partial charge in [-0.1, -0.05) is 6.92 Å². The number of halogens is 1. The van der Waals surface area contributed by atoms with Crippen LogP contribution >= 0.6 is 0 Å². The average molecular weight is 236 g/mol. The van der Waals surface area contributed by atoms with Crippen molar-refractivity contribution < 1.29 is 4.39 Å². The summed E-state index contributed by atoms with van der Waals surface area (Å²) >= 11 is 0. The zero-order chi connectivity index (χ0) is 12.3. The highest BCUT2D eigenvalue weighted by Gasteiger charge is 2.32. The summed E-state index contributed by atoms with van der Waals surface area (Å²) in [4.78, 5) is 2.21. The molecule has 0 aliphatic carbocycles. The fourth-order valence-electron chi connectivity index (χ4n) is 2.66. The van der Waals surface area contributed by atoms with Crippen LogP contribution in [0.15, 0.2) is 24.3 Å². The zero-order valence-corrected chi connectivity index (χ0v) is 10.7. The Kier molecular flexibility index (Phi) is 3.67. The zero-order valence-electron chi connectivity index (χ0n) is 10.7. The molecule has 1 aliphatic heterocycles. The van der Waals surface area contributed by atoms with Crippen LogP contribution in [0, 0.1) is 5.82 Å². The van der Waals surface area contributed by atoms with Crippen LogP contribution < -0.4 is 10.2 Å². The van der Waals surface area contributed by atoms with Crippen molar-refractivity contribution >= 4 is 5.69 Å². The molecular formula is C14H21FN2. The molecule has 0 bridgehead atoms. The molecule has 3 heteroatoms. The molecule has 1 unspecified atom stereocenters. The molecule has 1 aromatic rings. The molecule has 0 radical (unpaired) electrons. The number of hydrogen-bond acceptors (Lipinski definition) is 2. The molecule has 1 N–H and O–H groups in total. The summed E-state index contributed by atoms with van der Waals surface area (Å²) in [6.45, 7) is 4.33. The van der Waals surface area contributed by atoms with Crippen LogP contribution in [-0.4, -0.2) is 25.7 Å². The molecule has 1 aromatic carbocycles. The number of hydrogen-bond donors (Lipinski definition) is 1. The normalized spacial score (nSPS) is 23.9. The first-order valence-electron chi connectivity index (χ1n) is 6.37. The van der Waals surface area contributed by atoms with Gasteiger partial charge in [-0.25, -0.2) is 4.39 Å². The lowest BCUT2D eigenvalue weighted by atomic mass is 9.93. The molecule has 1 saturated heterocycles. The van der Waals surface area contributed by atoms with Gasteiger partial charge in [-0.3, -0.25) is 0 Å². The van der Waals surface area contributed by atoms with Gasteiger partial charge in [0.1, 0.15) is 5.82 Å². The molecule has 0 saturated carbocycles. The van der Waals surface area contributed by atoms with E-state index in [9.17, 15) is 4.39 Å². The summed E-state index contributed by atoms with van der Waals surface area (Å²) in [5, 5.41) is 3.62. The molecule has 1 heterocycles. The van der Waals surface area contributed by atoms with Gasteiger partial charge in [-0.2, -0.15) is 0 Å². The first-order valence-corrected chi connectivity index (χ1v) is 6.37. The Hall–Kier alpha value is -1.09. The number of benzene rings is 1. The largest absolute Gasteiger partial charge is 0.373 e. The van der Waals surface area contributed by atoms with Gasteiger partial charge in [0.05, 0.1) is 0 Å². The maximum Gasteiger partial charge on any atom is 0.123 e. The van der Waals surface area contributed by atoms with Gasteiger partial charge in [-0.05, 0) is 50.1 Å². The quantitative estimate of drug-likeness (QED) is 0.864. The second-order valence-corrected chi connectivity index (χ2v) is 5.00. The molecule has 1 atom stereocenters. The van der Waals surface area contributed by atoms with E-state index < -0.39 is 0 Å². The second-order valence-electron chi connectivity index (χ2n) is 5.00. The van der Waals surface area contributed by atoms with Crippen molar-refractivity contribution in [1.82, 2.24) is 5.32 Å². The molecule has 0 amide bonds. The first-order chi connectivity index (χ1) is 8.15. The van der Waals surface area contributed by atoms with Gasteiger partial charge in [-0.15, -0.1) is 0 Å². The van der Waals surface area contributed by atoms with Crippen LogP contribution in [0.2, 0.25) is 0 Å². The van der Waals surface area contributed by atoms with Crippen LogP contribution in [0.4, 0.5) is 10.1 Å². The summed E-state index contributed by atoms with van der Waals surface area (Å²) in [7, 11) is 2.07. The van der Waals surface area contributed by atoms with Crippen molar-refractivity contribution in [2.75, 3.05) is 25.0 Å². The van der Waals surface area contributed by atoms with Crippen molar-refractivity contribution in [2.45, 2.75) is 31.7 Å². The summed E-state index contributed by atoms with van der Waals surface area (Å²) in [5.74, 6) is -0.175. The fourth-order valence-corrected chi connectivity index (χ4v) is 2.66. The van der Waals surface area contributed by atoms with Crippen molar-refractivity contribution in [3.63, 3.8) is 0 Å². The van der Waals surface area contributed by atoms with E-state index in [0.717, 1.165) is 25.2 Å². The second kappa shape index (κ2) is 5.05. The fraction of sp³-hybridized carbons (Fsp3) is 0.571. The van der Waals surface area contributed by atoms with E-state index in [1.165, 1.54) is 25.0 Å². The van der Waals surface area contributed by atoms with Gasteiger partial charge in [0.15, 0.2) is 0 Å². The van der Waals surface area contributed by atoms with Gasteiger partial charge >= 0.3 is 0 Å². The van der Waals surface area contributed by atoms with Crippen LogP contribution in [0.3, 0.4) is 0 Å². The molecule has 2 nitrogen and oxygen atoms in total. The Morgan fingerprint density at radius 1 is 1.35 bits per heavy atom. The monoisotopic (exact) mass is 236 g/mol. The Morgan fingerprint density at radius 3 is 2.59 bits per heavy atom. The van der Waals surface area contributed by atoms with Gasteiger partial charge in [0.2, 0.25) is 0 Å². The smallest absolute Gasteiger partial charge is 0.123 e. The van der Waals surface area contributed by atoms with E-state index in [1.807, 2.05) is 12.1 Å². The standard InChI is InChI=1S/C14H21FN2/c1-3-14(9-4-10-16-14)11-17(2)13-7-5-12(15)6-8-13/h5-8,16H,3-4,9-11H2,1-2H3.